The van der Waals surface area contributed by atoms with E-state index in [9.17, 15) is 15.2 Å². The van der Waals surface area contributed by atoms with E-state index in [0.29, 0.717) is 22.0 Å². The summed E-state index contributed by atoms with van der Waals surface area (Å²) in [4.78, 5) is 17.0. The number of halogens is 1. The lowest BCUT2D eigenvalue weighted by Gasteiger charge is -2.20. The van der Waals surface area contributed by atoms with Gasteiger partial charge in [0.2, 0.25) is 0 Å². The van der Waals surface area contributed by atoms with Crippen LogP contribution in [0.15, 0.2) is 36.5 Å². The molecule has 0 aliphatic rings. The minimum absolute atomic E-state index is 0.243. The number of carbonyl (C=O) groups excluding carboxylic acids is 1. The van der Waals surface area contributed by atoms with Crippen molar-refractivity contribution in [1.82, 2.24) is 14.9 Å². The molecule has 1 amide bonds. The van der Waals surface area contributed by atoms with Crippen LogP contribution in [0.3, 0.4) is 0 Å². The van der Waals surface area contributed by atoms with Gasteiger partial charge in [0.05, 0.1) is 17.3 Å². The molecule has 1 aromatic carbocycles. The van der Waals surface area contributed by atoms with E-state index in [2.05, 4.69) is 16.4 Å². The summed E-state index contributed by atoms with van der Waals surface area (Å²) in [5.74, 6) is -0.243. The molecule has 0 bridgehead atoms. The van der Waals surface area contributed by atoms with Gasteiger partial charge in [-0.1, -0.05) is 17.7 Å². The first-order valence-corrected chi connectivity index (χ1v) is 9.18. The molecule has 3 aromatic rings. The monoisotopic (exact) mass is 396 g/mol. The first-order valence-electron chi connectivity index (χ1n) is 8.80. The summed E-state index contributed by atoms with van der Waals surface area (Å²) in [7, 11) is 1.81. The van der Waals surface area contributed by atoms with E-state index in [4.69, 9.17) is 11.6 Å². The Morgan fingerprint density at radius 1 is 1.36 bits per heavy atom. The zero-order valence-corrected chi connectivity index (χ0v) is 16.9. The molecule has 28 heavy (non-hydrogen) atoms. The number of amides is 1. The molecule has 0 aliphatic carbocycles. The third-order valence-corrected chi connectivity index (χ3v) is 4.93. The molecule has 0 fully saturated rings. The van der Waals surface area contributed by atoms with Crippen molar-refractivity contribution < 1.29 is 9.90 Å². The number of nitrogens with one attached hydrogen (secondary N) is 1. The number of hydrogen-bond donors (Lipinski definition) is 2. The van der Waals surface area contributed by atoms with Crippen LogP contribution in [0.1, 0.15) is 54.1 Å². The number of aliphatic hydroxyl groups is 1. The Hall–Kier alpha value is -2.88. The Balaban J connectivity index is 1.87. The van der Waals surface area contributed by atoms with Crippen molar-refractivity contribution in [2.45, 2.75) is 32.4 Å². The van der Waals surface area contributed by atoms with Crippen molar-refractivity contribution in [1.29, 1.82) is 5.26 Å². The van der Waals surface area contributed by atoms with Gasteiger partial charge in [-0.15, -0.1) is 0 Å². The Bertz CT molecular complexity index is 1110. The maximum Gasteiger partial charge on any atom is 0.268 e. The van der Waals surface area contributed by atoms with Crippen LogP contribution in [0.25, 0.3) is 10.9 Å². The van der Waals surface area contributed by atoms with Crippen LogP contribution in [0.4, 0.5) is 0 Å². The molecule has 7 heteroatoms. The normalized spacial score (nSPS) is 12.6. The second-order valence-corrected chi connectivity index (χ2v) is 7.76. The minimum atomic E-state index is -1.22. The maximum atomic E-state index is 12.8. The summed E-state index contributed by atoms with van der Waals surface area (Å²) in [5.41, 5.74) is 1.42. The molecule has 0 radical (unpaired) electrons. The Morgan fingerprint density at radius 2 is 2.07 bits per heavy atom. The summed E-state index contributed by atoms with van der Waals surface area (Å²) in [6.45, 7) is 4.97. The molecule has 2 heterocycles. The van der Waals surface area contributed by atoms with E-state index >= 15 is 0 Å². The minimum Gasteiger partial charge on any atom is -0.384 e. The molecule has 2 aromatic heterocycles. The molecule has 144 valence electrons. The van der Waals surface area contributed by atoms with Gasteiger partial charge < -0.3 is 15.0 Å². The second-order valence-electron chi connectivity index (χ2n) is 7.32. The first-order chi connectivity index (χ1) is 13.1. The van der Waals surface area contributed by atoms with Crippen molar-refractivity contribution in [2.75, 3.05) is 0 Å². The fourth-order valence-electron chi connectivity index (χ4n) is 3.17. The van der Waals surface area contributed by atoms with Crippen LogP contribution in [-0.2, 0) is 12.6 Å². The molecule has 1 unspecified atom stereocenters. The van der Waals surface area contributed by atoms with Crippen LogP contribution in [-0.4, -0.2) is 20.6 Å². The van der Waals surface area contributed by atoms with E-state index in [0.717, 1.165) is 10.9 Å². The number of nitriles is 1. The Labute approximate surface area is 168 Å². The lowest BCUT2D eigenvalue weighted by atomic mass is 9.97. The van der Waals surface area contributed by atoms with Gasteiger partial charge in [0.15, 0.2) is 0 Å². The summed E-state index contributed by atoms with van der Waals surface area (Å²) in [6.07, 6.45) is 1.57. The maximum absolute atomic E-state index is 12.8. The number of pyridine rings is 1. The van der Waals surface area contributed by atoms with E-state index in [1.807, 2.05) is 32.2 Å². The smallest absolute Gasteiger partial charge is 0.268 e. The van der Waals surface area contributed by atoms with E-state index in [1.165, 1.54) is 0 Å². The Kier molecular flexibility index (Phi) is 5.16. The summed E-state index contributed by atoms with van der Waals surface area (Å²) in [6, 6.07) is 10.6. The fourth-order valence-corrected chi connectivity index (χ4v) is 3.33. The van der Waals surface area contributed by atoms with Gasteiger partial charge in [0.25, 0.3) is 5.91 Å². The van der Waals surface area contributed by atoms with Crippen LogP contribution in [0.5, 0.6) is 0 Å². The SMILES string of the molecule is CC(NC(=O)c1cc2ccc(Cl)cc2n1C)c1cnc(C(C)(C)O)c(C#N)c1. The highest BCUT2D eigenvalue weighted by Crippen LogP contribution is 2.25. The molecule has 2 N–H and O–H groups in total. The third kappa shape index (κ3) is 3.72. The molecule has 6 nitrogen and oxygen atoms in total. The van der Waals surface area contributed by atoms with Crippen LogP contribution in [0.2, 0.25) is 5.02 Å². The number of hydrogen-bond acceptors (Lipinski definition) is 4. The molecule has 0 aliphatic heterocycles. The van der Waals surface area contributed by atoms with Crippen molar-refractivity contribution >= 4 is 28.4 Å². The number of aryl methyl sites for hydroxylation is 1. The highest BCUT2D eigenvalue weighted by molar-refractivity contribution is 6.31. The van der Waals surface area contributed by atoms with Crippen molar-refractivity contribution in [3.8, 4) is 6.07 Å². The van der Waals surface area contributed by atoms with E-state index < -0.39 is 5.60 Å². The van der Waals surface area contributed by atoms with E-state index in [-0.39, 0.29) is 17.5 Å². The molecular formula is C21H21ClN4O2. The van der Waals surface area contributed by atoms with Gasteiger partial charge >= 0.3 is 0 Å². The number of fused-ring (bicyclic) bond motifs is 1. The number of benzene rings is 1. The molecule has 0 saturated carbocycles. The quantitative estimate of drug-likeness (QED) is 0.701. The number of rotatable bonds is 4. The van der Waals surface area contributed by atoms with Gasteiger partial charge in [-0.3, -0.25) is 9.78 Å². The van der Waals surface area contributed by atoms with Gasteiger partial charge in [-0.25, -0.2) is 0 Å². The van der Waals surface area contributed by atoms with E-state index in [1.54, 1.807) is 36.7 Å². The predicted molar refractivity (Wildman–Crippen MR) is 108 cm³/mol. The van der Waals surface area contributed by atoms with Gasteiger partial charge in [0.1, 0.15) is 17.4 Å². The van der Waals surface area contributed by atoms with Crippen molar-refractivity contribution in [2.24, 2.45) is 7.05 Å². The van der Waals surface area contributed by atoms with Gasteiger partial charge in [-0.2, -0.15) is 5.26 Å². The number of aromatic nitrogens is 2. The molecule has 0 saturated heterocycles. The van der Waals surface area contributed by atoms with Crippen molar-refractivity contribution in [3.63, 3.8) is 0 Å². The zero-order chi connectivity index (χ0) is 20.6. The average molecular weight is 397 g/mol. The van der Waals surface area contributed by atoms with Crippen LogP contribution < -0.4 is 5.32 Å². The lowest BCUT2D eigenvalue weighted by molar-refractivity contribution is 0.0734. The molecular weight excluding hydrogens is 376 g/mol. The fraction of sp³-hybridized carbons (Fsp3) is 0.286. The topological polar surface area (TPSA) is 90.9 Å². The molecule has 1 atom stereocenters. The summed E-state index contributed by atoms with van der Waals surface area (Å²) in [5, 5.41) is 24.0. The van der Waals surface area contributed by atoms with Crippen LogP contribution >= 0.6 is 11.6 Å². The highest BCUT2D eigenvalue weighted by atomic mass is 35.5. The summed E-state index contributed by atoms with van der Waals surface area (Å²) < 4.78 is 1.79. The Morgan fingerprint density at radius 3 is 2.71 bits per heavy atom. The zero-order valence-electron chi connectivity index (χ0n) is 16.1. The molecule has 0 spiro atoms. The average Bonchev–Trinajstić information content (AvgIpc) is 2.96. The first kappa shape index (κ1) is 19.9. The lowest BCUT2D eigenvalue weighted by Crippen LogP contribution is -2.28. The predicted octanol–water partition coefficient (Wildman–Crippen LogP) is 3.82. The molecule has 3 rings (SSSR count). The highest BCUT2D eigenvalue weighted by Gasteiger charge is 2.24. The van der Waals surface area contributed by atoms with Crippen molar-refractivity contribution in [3.05, 3.63) is 64.1 Å². The largest absolute Gasteiger partial charge is 0.384 e. The van der Waals surface area contributed by atoms with Crippen LogP contribution in [0, 0.1) is 11.3 Å². The number of nitrogens with zero attached hydrogens (tertiary/aromatic N) is 3. The van der Waals surface area contributed by atoms with Gasteiger partial charge in [0, 0.05) is 29.2 Å². The standard InChI is InChI=1S/C21H21ClN4O2/c1-12(15-7-14(10-23)19(24-11-15)21(2,3)28)25-20(27)18-8-13-5-6-16(22)9-17(13)26(18)4/h5-9,11-12,28H,1-4H3,(H,25,27). The second kappa shape index (κ2) is 7.27. The number of carbonyl (C=O) groups is 1. The third-order valence-electron chi connectivity index (χ3n) is 4.70. The van der Waals surface area contributed by atoms with Gasteiger partial charge in [-0.05, 0) is 50.6 Å². The summed E-state index contributed by atoms with van der Waals surface area (Å²) >= 11 is 6.05.